The van der Waals surface area contributed by atoms with Crippen molar-refractivity contribution >= 4 is 10.8 Å². The number of phenols is 1. The number of alkyl halides is 2. The Morgan fingerprint density at radius 2 is 1.94 bits per heavy atom. The van der Waals surface area contributed by atoms with E-state index in [-0.39, 0.29) is 17.2 Å². The molecule has 2 aromatic rings. The summed E-state index contributed by atoms with van der Waals surface area (Å²) < 4.78 is 29.0. The Hall–Kier alpha value is -1.64. The van der Waals surface area contributed by atoms with Crippen LogP contribution >= 0.6 is 0 Å². The number of aromatic hydroxyl groups is 1. The molecule has 1 aliphatic carbocycles. The van der Waals surface area contributed by atoms with Crippen LogP contribution in [-0.4, -0.2) is 5.11 Å². The summed E-state index contributed by atoms with van der Waals surface area (Å²) in [6.07, 6.45) is 0. The number of hydrogen-bond acceptors (Lipinski definition) is 1. The topological polar surface area (TPSA) is 20.2 Å². The van der Waals surface area contributed by atoms with Crippen molar-refractivity contribution in [2.24, 2.45) is 5.92 Å². The quantitative estimate of drug-likeness (QED) is 0.793. The number of phenolic OH excluding ortho intramolecular Hbond substituents is 1. The molecule has 1 N–H and O–H groups in total. The third-order valence-electron chi connectivity index (χ3n) is 3.74. The Morgan fingerprint density at radius 1 is 1.22 bits per heavy atom. The maximum Gasteiger partial charge on any atom is 0.280 e. The average molecular weight is 248 g/mol. The second-order valence-corrected chi connectivity index (χ2v) is 5.28. The molecule has 3 rings (SSSR count). The molecule has 1 unspecified atom stereocenters. The van der Waals surface area contributed by atoms with Gasteiger partial charge in [-0.1, -0.05) is 32.0 Å². The Kier molecular flexibility index (Phi) is 2.19. The van der Waals surface area contributed by atoms with E-state index in [2.05, 4.69) is 0 Å². The molecule has 0 amide bonds. The smallest absolute Gasteiger partial charge is 0.280 e. The lowest BCUT2D eigenvalue weighted by molar-refractivity contribution is -0.0406. The summed E-state index contributed by atoms with van der Waals surface area (Å²) in [5.74, 6) is -3.84. The molecule has 0 fully saturated rings. The molecule has 0 aliphatic heterocycles. The monoisotopic (exact) mass is 248 g/mol. The van der Waals surface area contributed by atoms with Crippen molar-refractivity contribution in [1.29, 1.82) is 0 Å². The summed E-state index contributed by atoms with van der Waals surface area (Å²) in [5, 5.41) is 11.0. The highest BCUT2D eigenvalue weighted by molar-refractivity contribution is 5.93. The molecule has 3 heteroatoms. The maximum absolute atomic E-state index is 14.5. The molecule has 0 saturated carbocycles. The fourth-order valence-electron chi connectivity index (χ4n) is 3.11. The molecule has 1 nitrogen and oxygen atoms in total. The minimum Gasteiger partial charge on any atom is -0.508 e. The Balaban J connectivity index is 2.43. The molecular weight excluding hydrogens is 234 g/mol. The van der Waals surface area contributed by atoms with E-state index >= 15 is 0 Å². The highest BCUT2D eigenvalue weighted by atomic mass is 19.3. The third kappa shape index (κ3) is 1.30. The number of hydrogen-bond donors (Lipinski definition) is 1. The molecule has 0 bridgehead atoms. The van der Waals surface area contributed by atoms with Crippen LogP contribution in [0.1, 0.15) is 30.9 Å². The van der Waals surface area contributed by atoms with Crippen LogP contribution in [0.5, 0.6) is 5.75 Å². The molecule has 18 heavy (non-hydrogen) atoms. The van der Waals surface area contributed by atoms with E-state index in [4.69, 9.17) is 0 Å². The first-order valence-corrected chi connectivity index (χ1v) is 6.07. The molecule has 2 aromatic carbocycles. The first-order valence-electron chi connectivity index (χ1n) is 6.07. The molecule has 1 aliphatic rings. The first kappa shape index (κ1) is 11.5. The van der Waals surface area contributed by atoms with E-state index in [9.17, 15) is 13.9 Å². The van der Waals surface area contributed by atoms with Gasteiger partial charge in [0.2, 0.25) is 0 Å². The highest BCUT2D eigenvalue weighted by Gasteiger charge is 2.50. The molecule has 0 saturated heterocycles. The van der Waals surface area contributed by atoms with Crippen molar-refractivity contribution in [3.63, 3.8) is 0 Å². The Morgan fingerprint density at radius 3 is 2.61 bits per heavy atom. The molecule has 0 heterocycles. The van der Waals surface area contributed by atoms with Crippen molar-refractivity contribution in [3.8, 4) is 5.75 Å². The summed E-state index contributed by atoms with van der Waals surface area (Å²) in [4.78, 5) is 0. The van der Waals surface area contributed by atoms with Gasteiger partial charge >= 0.3 is 0 Å². The lowest BCUT2D eigenvalue weighted by Crippen LogP contribution is -2.23. The number of benzene rings is 2. The van der Waals surface area contributed by atoms with Gasteiger partial charge in [-0.05, 0) is 34.4 Å². The van der Waals surface area contributed by atoms with Crippen molar-refractivity contribution in [1.82, 2.24) is 0 Å². The molecule has 1 atom stereocenters. The van der Waals surface area contributed by atoms with E-state index in [1.165, 1.54) is 12.1 Å². The van der Waals surface area contributed by atoms with E-state index in [1.807, 2.05) is 0 Å². The summed E-state index contributed by atoms with van der Waals surface area (Å²) in [7, 11) is 0. The SMILES string of the molecule is CC(C)C1c2cc(O)cc3cccc(c23)C1(F)F. The van der Waals surface area contributed by atoms with Gasteiger partial charge in [-0.2, -0.15) is 0 Å². The van der Waals surface area contributed by atoms with Gasteiger partial charge in [0.15, 0.2) is 0 Å². The van der Waals surface area contributed by atoms with E-state index in [0.29, 0.717) is 16.3 Å². The molecule has 0 spiro atoms. The predicted molar refractivity (Wildman–Crippen MR) is 67.1 cm³/mol. The molecular formula is C15H14F2O. The van der Waals surface area contributed by atoms with Crippen molar-refractivity contribution in [2.75, 3.05) is 0 Å². The van der Waals surface area contributed by atoms with Crippen molar-refractivity contribution < 1.29 is 13.9 Å². The van der Waals surface area contributed by atoms with Crippen LogP contribution in [0.3, 0.4) is 0 Å². The highest BCUT2D eigenvalue weighted by Crippen LogP contribution is 2.56. The molecule has 0 aromatic heterocycles. The van der Waals surface area contributed by atoms with Crippen LogP contribution in [0.15, 0.2) is 30.3 Å². The van der Waals surface area contributed by atoms with Crippen LogP contribution in [0.2, 0.25) is 0 Å². The van der Waals surface area contributed by atoms with Crippen LogP contribution in [0, 0.1) is 5.92 Å². The zero-order valence-corrected chi connectivity index (χ0v) is 10.2. The summed E-state index contributed by atoms with van der Waals surface area (Å²) >= 11 is 0. The zero-order chi connectivity index (χ0) is 13.1. The fraction of sp³-hybridized carbons (Fsp3) is 0.333. The van der Waals surface area contributed by atoms with Crippen LogP contribution < -0.4 is 0 Å². The van der Waals surface area contributed by atoms with Crippen LogP contribution in [0.4, 0.5) is 8.78 Å². The normalized spacial score (nSPS) is 20.8. The van der Waals surface area contributed by atoms with Gasteiger partial charge in [-0.15, -0.1) is 0 Å². The third-order valence-corrected chi connectivity index (χ3v) is 3.74. The van der Waals surface area contributed by atoms with Gasteiger partial charge in [0.25, 0.3) is 5.92 Å². The van der Waals surface area contributed by atoms with Gasteiger partial charge < -0.3 is 5.11 Å². The summed E-state index contributed by atoms with van der Waals surface area (Å²) in [6.45, 7) is 3.58. The number of rotatable bonds is 1. The standard InChI is InChI=1S/C15H14F2O/c1-8(2)14-11-7-10(18)6-9-4-3-5-12(13(9)11)15(14,16)17/h3-8,14,18H,1-2H3. The molecule has 94 valence electrons. The van der Waals surface area contributed by atoms with Gasteiger partial charge in [0.05, 0.1) is 5.92 Å². The lowest BCUT2D eigenvalue weighted by atomic mass is 9.86. The van der Waals surface area contributed by atoms with Crippen LogP contribution in [0.25, 0.3) is 10.8 Å². The zero-order valence-electron chi connectivity index (χ0n) is 10.2. The lowest BCUT2D eigenvalue weighted by Gasteiger charge is -2.24. The van der Waals surface area contributed by atoms with Gasteiger partial charge in [-0.3, -0.25) is 0 Å². The second kappa shape index (κ2) is 3.44. The van der Waals surface area contributed by atoms with Gasteiger partial charge in [-0.25, -0.2) is 8.78 Å². The summed E-state index contributed by atoms with van der Waals surface area (Å²) in [5.41, 5.74) is 0.661. The Bertz CT molecular complexity index is 632. The van der Waals surface area contributed by atoms with Crippen molar-refractivity contribution in [3.05, 3.63) is 41.5 Å². The van der Waals surface area contributed by atoms with E-state index in [0.717, 1.165) is 0 Å². The minimum absolute atomic E-state index is 0.0537. The molecule has 0 radical (unpaired) electrons. The van der Waals surface area contributed by atoms with Crippen LogP contribution in [-0.2, 0) is 5.92 Å². The van der Waals surface area contributed by atoms with Crippen molar-refractivity contribution in [2.45, 2.75) is 25.7 Å². The largest absolute Gasteiger partial charge is 0.508 e. The number of halogens is 2. The summed E-state index contributed by atoms with van der Waals surface area (Å²) in [6, 6.07) is 7.90. The second-order valence-electron chi connectivity index (χ2n) is 5.28. The minimum atomic E-state index is -2.86. The fourth-order valence-corrected chi connectivity index (χ4v) is 3.11. The van der Waals surface area contributed by atoms with Gasteiger partial charge in [0, 0.05) is 5.56 Å². The predicted octanol–water partition coefficient (Wildman–Crippen LogP) is 4.39. The van der Waals surface area contributed by atoms with Gasteiger partial charge in [0.1, 0.15) is 5.75 Å². The van der Waals surface area contributed by atoms with E-state index < -0.39 is 11.8 Å². The maximum atomic E-state index is 14.5. The Labute approximate surface area is 104 Å². The van der Waals surface area contributed by atoms with E-state index in [1.54, 1.807) is 32.0 Å². The first-order chi connectivity index (χ1) is 8.43. The average Bonchev–Trinajstić information content (AvgIpc) is 2.48.